The zero-order chi connectivity index (χ0) is 16.5. The molecule has 0 radical (unpaired) electrons. The lowest BCUT2D eigenvalue weighted by atomic mass is 9.96. The summed E-state index contributed by atoms with van der Waals surface area (Å²) in [5.74, 6) is 0.947. The standard InChI is InChI=1S/C23H14O2/c1-13-8-17-10-21-15(12-23(17)25-13)3-5-18-19(21)4-2-14-11-22-16(6-7-24-22)9-20(14)18/h2-12H,1H3. The SMILES string of the molecule is Cc1cc2cc3c(ccc4c5cc6ccoc6cc5ccc34)cc2o1. The number of hydrogen-bond donors (Lipinski definition) is 0. The fourth-order valence-electron chi connectivity index (χ4n) is 4.00. The Morgan fingerprint density at radius 3 is 2.00 bits per heavy atom. The number of benzene rings is 4. The molecular formula is C23H14O2. The molecule has 2 heterocycles. The molecule has 6 aromatic rings. The van der Waals surface area contributed by atoms with Gasteiger partial charge in [0.2, 0.25) is 0 Å². The summed E-state index contributed by atoms with van der Waals surface area (Å²) in [4.78, 5) is 0. The Bertz CT molecular complexity index is 1450. The third-order valence-corrected chi connectivity index (χ3v) is 5.17. The zero-order valence-electron chi connectivity index (χ0n) is 13.7. The maximum Gasteiger partial charge on any atom is 0.134 e. The van der Waals surface area contributed by atoms with Crippen LogP contribution < -0.4 is 0 Å². The van der Waals surface area contributed by atoms with Gasteiger partial charge in [0.1, 0.15) is 16.9 Å². The van der Waals surface area contributed by atoms with E-state index in [1.807, 2.05) is 13.0 Å². The van der Waals surface area contributed by atoms with E-state index in [2.05, 4.69) is 54.6 Å². The van der Waals surface area contributed by atoms with Crippen LogP contribution in [0.2, 0.25) is 0 Å². The van der Waals surface area contributed by atoms with E-state index in [0.29, 0.717) is 0 Å². The van der Waals surface area contributed by atoms with Gasteiger partial charge in [0.15, 0.2) is 0 Å². The highest BCUT2D eigenvalue weighted by Gasteiger charge is 2.09. The Labute approximate surface area is 143 Å². The second-order valence-corrected chi connectivity index (χ2v) is 6.73. The van der Waals surface area contributed by atoms with E-state index < -0.39 is 0 Å². The second kappa shape index (κ2) is 4.42. The Balaban J connectivity index is 1.81. The topological polar surface area (TPSA) is 26.3 Å². The zero-order valence-corrected chi connectivity index (χ0v) is 13.7. The number of furan rings is 2. The lowest BCUT2D eigenvalue weighted by molar-refractivity contribution is 0.579. The molecule has 0 saturated heterocycles. The molecule has 0 N–H and O–H groups in total. The van der Waals surface area contributed by atoms with Crippen molar-refractivity contribution in [3.8, 4) is 0 Å². The lowest BCUT2D eigenvalue weighted by Crippen LogP contribution is -1.81. The van der Waals surface area contributed by atoms with Crippen LogP contribution in [0.4, 0.5) is 0 Å². The van der Waals surface area contributed by atoms with E-state index >= 15 is 0 Å². The quantitative estimate of drug-likeness (QED) is 0.283. The number of fused-ring (bicyclic) bond motifs is 7. The predicted molar refractivity (Wildman–Crippen MR) is 103 cm³/mol. The maximum absolute atomic E-state index is 5.79. The van der Waals surface area contributed by atoms with Crippen molar-refractivity contribution in [1.82, 2.24) is 0 Å². The molecule has 0 aliphatic carbocycles. The predicted octanol–water partition coefficient (Wildman–Crippen LogP) is 6.95. The van der Waals surface area contributed by atoms with Gasteiger partial charge in [0.05, 0.1) is 6.26 Å². The summed E-state index contributed by atoms with van der Waals surface area (Å²) < 4.78 is 11.3. The van der Waals surface area contributed by atoms with Crippen molar-refractivity contribution in [3.05, 3.63) is 72.7 Å². The average Bonchev–Trinajstić information content (AvgIpc) is 3.21. The fourth-order valence-corrected chi connectivity index (χ4v) is 4.00. The van der Waals surface area contributed by atoms with Gasteiger partial charge in [0, 0.05) is 10.8 Å². The van der Waals surface area contributed by atoms with Crippen LogP contribution in [0.25, 0.3) is 54.3 Å². The highest BCUT2D eigenvalue weighted by Crippen LogP contribution is 2.35. The van der Waals surface area contributed by atoms with Crippen LogP contribution in [0.1, 0.15) is 5.76 Å². The van der Waals surface area contributed by atoms with Crippen LogP contribution in [-0.2, 0) is 0 Å². The Morgan fingerprint density at radius 2 is 1.24 bits per heavy atom. The summed E-state index contributed by atoms with van der Waals surface area (Å²) in [7, 11) is 0. The molecule has 25 heavy (non-hydrogen) atoms. The molecule has 0 amide bonds. The van der Waals surface area contributed by atoms with Crippen molar-refractivity contribution in [2.24, 2.45) is 0 Å². The molecule has 2 nitrogen and oxygen atoms in total. The summed E-state index contributed by atoms with van der Waals surface area (Å²) in [6, 6.07) is 21.7. The minimum Gasteiger partial charge on any atom is -0.464 e. The van der Waals surface area contributed by atoms with Crippen LogP contribution in [-0.4, -0.2) is 0 Å². The van der Waals surface area contributed by atoms with Gasteiger partial charge in [-0.25, -0.2) is 0 Å². The molecule has 0 atom stereocenters. The van der Waals surface area contributed by atoms with Crippen LogP contribution in [0, 0.1) is 6.92 Å². The second-order valence-electron chi connectivity index (χ2n) is 6.73. The molecule has 0 unspecified atom stereocenters. The van der Waals surface area contributed by atoms with Gasteiger partial charge in [0.25, 0.3) is 0 Å². The molecule has 0 aliphatic heterocycles. The number of aryl methyl sites for hydroxylation is 1. The molecule has 0 aliphatic rings. The first-order valence-electron chi connectivity index (χ1n) is 8.43. The Morgan fingerprint density at radius 1 is 0.560 bits per heavy atom. The molecular weight excluding hydrogens is 308 g/mol. The third kappa shape index (κ3) is 1.74. The highest BCUT2D eigenvalue weighted by molar-refractivity contribution is 6.20. The summed E-state index contributed by atoms with van der Waals surface area (Å²) in [5.41, 5.74) is 1.88. The molecule has 2 heteroatoms. The van der Waals surface area contributed by atoms with Crippen LogP contribution in [0.15, 0.2) is 75.8 Å². The van der Waals surface area contributed by atoms with Gasteiger partial charge >= 0.3 is 0 Å². The van der Waals surface area contributed by atoms with Gasteiger partial charge in [-0.2, -0.15) is 0 Å². The first-order valence-corrected chi connectivity index (χ1v) is 8.43. The molecule has 0 saturated carbocycles. The van der Waals surface area contributed by atoms with E-state index in [1.54, 1.807) is 6.26 Å². The number of rotatable bonds is 0. The minimum absolute atomic E-state index is 0.934. The van der Waals surface area contributed by atoms with E-state index in [1.165, 1.54) is 32.3 Å². The average molecular weight is 322 g/mol. The van der Waals surface area contributed by atoms with Crippen molar-refractivity contribution in [2.45, 2.75) is 6.92 Å². The molecule has 0 spiro atoms. The smallest absolute Gasteiger partial charge is 0.134 e. The Kier molecular flexibility index (Phi) is 2.31. The summed E-state index contributed by atoms with van der Waals surface area (Å²) in [6.45, 7) is 1.99. The molecule has 6 rings (SSSR count). The van der Waals surface area contributed by atoms with E-state index in [0.717, 1.165) is 27.7 Å². The van der Waals surface area contributed by atoms with Crippen LogP contribution in [0.5, 0.6) is 0 Å². The number of hydrogen-bond acceptors (Lipinski definition) is 2. The first-order chi connectivity index (χ1) is 12.3. The van der Waals surface area contributed by atoms with E-state index in [9.17, 15) is 0 Å². The molecule has 0 fully saturated rings. The molecule has 2 aromatic heterocycles. The summed E-state index contributed by atoms with van der Waals surface area (Å²) in [5, 5.41) is 9.77. The van der Waals surface area contributed by atoms with Crippen molar-refractivity contribution in [3.63, 3.8) is 0 Å². The summed E-state index contributed by atoms with van der Waals surface area (Å²) in [6.07, 6.45) is 1.75. The Hall–Kier alpha value is -3.26. The van der Waals surface area contributed by atoms with Crippen molar-refractivity contribution < 1.29 is 8.83 Å². The normalized spacial score (nSPS) is 12.2. The van der Waals surface area contributed by atoms with Crippen molar-refractivity contribution in [1.29, 1.82) is 0 Å². The molecule has 118 valence electrons. The fraction of sp³-hybridized carbons (Fsp3) is 0.0435. The molecule has 0 bridgehead atoms. The van der Waals surface area contributed by atoms with Gasteiger partial charge in [-0.05, 0) is 75.6 Å². The van der Waals surface area contributed by atoms with Crippen molar-refractivity contribution >= 4 is 54.3 Å². The van der Waals surface area contributed by atoms with Crippen LogP contribution >= 0.6 is 0 Å². The third-order valence-electron chi connectivity index (χ3n) is 5.17. The van der Waals surface area contributed by atoms with Gasteiger partial charge in [-0.1, -0.05) is 24.3 Å². The monoisotopic (exact) mass is 322 g/mol. The van der Waals surface area contributed by atoms with E-state index in [4.69, 9.17) is 8.83 Å². The summed E-state index contributed by atoms with van der Waals surface area (Å²) >= 11 is 0. The first kappa shape index (κ1) is 13.1. The van der Waals surface area contributed by atoms with Crippen LogP contribution in [0.3, 0.4) is 0 Å². The van der Waals surface area contributed by atoms with Crippen molar-refractivity contribution in [2.75, 3.05) is 0 Å². The lowest BCUT2D eigenvalue weighted by Gasteiger charge is -2.08. The highest BCUT2D eigenvalue weighted by atomic mass is 16.3. The largest absolute Gasteiger partial charge is 0.464 e. The minimum atomic E-state index is 0.934. The molecule has 4 aromatic carbocycles. The van der Waals surface area contributed by atoms with Gasteiger partial charge in [-0.15, -0.1) is 0 Å². The van der Waals surface area contributed by atoms with Gasteiger partial charge < -0.3 is 8.83 Å². The van der Waals surface area contributed by atoms with Gasteiger partial charge in [-0.3, -0.25) is 0 Å². The van der Waals surface area contributed by atoms with E-state index in [-0.39, 0.29) is 0 Å². The maximum atomic E-state index is 5.79.